The Morgan fingerprint density at radius 1 is 0.722 bits per heavy atom. The first kappa shape index (κ1) is 26.9. The number of hydrogen-bond acceptors (Lipinski definition) is 5. The highest BCUT2D eigenvalue weighted by atomic mass is 31.1. The molecule has 0 spiro atoms. The van der Waals surface area contributed by atoms with Crippen molar-refractivity contribution in [3.8, 4) is 11.5 Å². The van der Waals surface area contributed by atoms with Crippen LogP contribution in [-0.2, 0) is 16.9 Å². The van der Waals surface area contributed by atoms with Crippen LogP contribution in [0.5, 0.6) is 11.5 Å². The average Bonchev–Trinajstić information content (AvgIpc) is 2.85. The second kappa shape index (κ2) is 10.1. The van der Waals surface area contributed by atoms with Gasteiger partial charge in [-0.25, -0.2) is 4.79 Å². The van der Waals surface area contributed by atoms with Gasteiger partial charge in [0.05, 0.1) is 30.9 Å². The van der Waals surface area contributed by atoms with E-state index in [0.29, 0.717) is 18.2 Å². The van der Waals surface area contributed by atoms with Crippen molar-refractivity contribution in [2.24, 2.45) is 0 Å². The lowest BCUT2D eigenvalue weighted by Gasteiger charge is -2.15. The summed E-state index contributed by atoms with van der Waals surface area (Å²) < 4.78 is 105. The molecule has 1 atom stereocenters. The molecule has 0 aliphatic carbocycles. The molecule has 188 valence electrons. The molecule has 0 saturated carbocycles. The number of benzene rings is 3. The molecule has 5 nitrogen and oxygen atoms in total. The second-order valence-electron chi connectivity index (χ2n) is 7.21. The molecule has 0 N–H and O–H groups in total. The fourth-order valence-electron chi connectivity index (χ4n) is 3.51. The lowest BCUT2D eigenvalue weighted by molar-refractivity contribution is -0.143. The van der Waals surface area contributed by atoms with Crippen LogP contribution in [-0.4, -0.2) is 25.5 Å². The molecule has 3 aromatic rings. The highest BCUT2D eigenvalue weighted by Gasteiger charge is 2.49. The van der Waals surface area contributed by atoms with Crippen LogP contribution in [0.2, 0.25) is 0 Å². The third-order valence-corrected chi connectivity index (χ3v) is 6.46. The highest BCUT2D eigenvalue weighted by Crippen LogP contribution is 2.44. The van der Waals surface area contributed by atoms with Gasteiger partial charge in [0.2, 0.25) is 11.1 Å². The molecule has 0 aromatic heterocycles. The van der Waals surface area contributed by atoms with Crippen molar-refractivity contribution in [3.05, 3.63) is 88.5 Å². The number of methoxy groups -OCH3 is 2. The van der Waals surface area contributed by atoms with Crippen molar-refractivity contribution in [1.29, 1.82) is 0 Å². The number of rotatable bonds is 7. The number of ether oxygens (including phenoxy) is 2. The van der Waals surface area contributed by atoms with E-state index >= 15 is 0 Å². The third kappa shape index (κ3) is 5.11. The van der Waals surface area contributed by atoms with Gasteiger partial charge in [-0.2, -0.15) is 26.3 Å². The number of hydrogen-bond donors (Lipinski definition) is 0. The van der Waals surface area contributed by atoms with Crippen molar-refractivity contribution >= 4 is 24.4 Å². The predicted molar refractivity (Wildman–Crippen MR) is 117 cm³/mol. The number of alkyl halides is 6. The number of carbonyl (C=O) groups excluding carboxylic acids is 2. The summed E-state index contributed by atoms with van der Waals surface area (Å²) in [5.74, 6) is -1.25. The van der Waals surface area contributed by atoms with E-state index in [1.54, 1.807) is 18.2 Å². The number of halogens is 6. The van der Waals surface area contributed by atoms with E-state index in [9.17, 15) is 40.5 Å². The van der Waals surface area contributed by atoms with E-state index in [1.807, 2.05) is 0 Å². The van der Waals surface area contributed by atoms with Gasteiger partial charge in [-0.15, -0.1) is 0 Å². The molecule has 0 bridgehead atoms. The summed E-state index contributed by atoms with van der Waals surface area (Å²) in [6, 6.07) is 10.8. The van der Waals surface area contributed by atoms with Gasteiger partial charge in [-0.1, -0.05) is 41.0 Å². The number of carbonyl (C=O) groups is 2. The quantitative estimate of drug-likeness (QED) is 0.205. The fourth-order valence-corrected chi connectivity index (χ4v) is 4.77. The molecule has 0 amide bonds. The van der Waals surface area contributed by atoms with Gasteiger partial charge in [0.25, 0.3) is 0 Å². The summed E-state index contributed by atoms with van der Waals surface area (Å²) in [7, 11) is -1.37. The summed E-state index contributed by atoms with van der Waals surface area (Å²) in [5.41, 5.74) is -7.66. The highest BCUT2D eigenvalue weighted by molar-refractivity contribution is 7.71. The minimum Gasteiger partial charge on any atom is -0.496 e. The monoisotopic (exact) mass is 529 g/mol. The zero-order valence-electron chi connectivity index (χ0n) is 18.5. The van der Waals surface area contributed by atoms with Crippen LogP contribution in [0, 0.1) is 0 Å². The molecule has 0 heterocycles. The molecule has 0 aliphatic rings. The molecule has 0 saturated heterocycles. The molecule has 0 fully saturated rings. The van der Waals surface area contributed by atoms with Crippen molar-refractivity contribution in [2.45, 2.75) is 12.4 Å². The van der Waals surface area contributed by atoms with E-state index < -0.39 is 59.2 Å². The maximum Gasteiger partial charge on any atom is 0.462 e. The van der Waals surface area contributed by atoms with Crippen molar-refractivity contribution in [2.75, 3.05) is 14.2 Å². The van der Waals surface area contributed by atoms with Crippen LogP contribution in [0.3, 0.4) is 0 Å². The smallest absolute Gasteiger partial charge is 0.462 e. The Balaban J connectivity index is 2.24. The fraction of sp³-hybridized carbons (Fsp3) is 0.167. The minimum atomic E-state index is -5.35. The predicted octanol–water partition coefficient (Wildman–Crippen LogP) is 6.27. The maximum absolute atomic E-state index is 13.5. The summed E-state index contributed by atoms with van der Waals surface area (Å²) in [6.07, 6.45) is -10.7. The normalized spacial score (nSPS) is 12.2. The van der Waals surface area contributed by atoms with Crippen LogP contribution in [0.15, 0.2) is 60.7 Å². The zero-order valence-corrected chi connectivity index (χ0v) is 19.4. The Bertz CT molecular complexity index is 1300. The van der Waals surface area contributed by atoms with E-state index in [4.69, 9.17) is 9.47 Å². The molecular weight excluding hydrogens is 513 g/mol. The lowest BCUT2D eigenvalue weighted by atomic mass is 10.0. The Labute approximate surface area is 201 Å². The molecule has 3 aromatic carbocycles. The Kier molecular flexibility index (Phi) is 7.54. The summed E-state index contributed by atoms with van der Waals surface area (Å²) in [6.45, 7) is 0. The maximum atomic E-state index is 13.5. The van der Waals surface area contributed by atoms with Crippen molar-refractivity contribution in [1.82, 2.24) is 0 Å². The average molecular weight is 529 g/mol. The Morgan fingerprint density at radius 2 is 1.28 bits per heavy atom. The first-order valence-corrected chi connectivity index (χ1v) is 11.2. The SMILES string of the molecule is COc1ccc([P+](=O)C(=O)c2c(C(F)(F)F)cccc2C(F)(F)F)c(OC)c1C(=O)c1ccccc1. The Hall–Kier alpha value is -3.72. The lowest BCUT2D eigenvalue weighted by Crippen LogP contribution is -2.21. The molecule has 36 heavy (non-hydrogen) atoms. The van der Waals surface area contributed by atoms with Gasteiger partial charge >= 0.3 is 25.7 Å². The van der Waals surface area contributed by atoms with Gasteiger partial charge in [0, 0.05) is 5.56 Å². The van der Waals surface area contributed by atoms with E-state index in [1.165, 1.54) is 19.2 Å². The molecule has 1 unspecified atom stereocenters. The van der Waals surface area contributed by atoms with Gasteiger partial charge in [0.15, 0.2) is 5.75 Å². The van der Waals surface area contributed by atoms with Gasteiger partial charge < -0.3 is 9.47 Å². The molecule has 0 aliphatic heterocycles. The van der Waals surface area contributed by atoms with Crippen LogP contribution < -0.4 is 14.8 Å². The van der Waals surface area contributed by atoms with Crippen LogP contribution in [0.25, 0.3) is 0 Å². The van der Waals surface area contributed by atoms with Crippen LogP contribution in [0.4, 0.5) is 26.3 Å². The molecule has 3 rings (SSSR count). The zero-order chi connectivity index (χ0) is 26.8. The van der Waals surface area contributed by atoms with Crippen LogP contribution in [0.1, 0.15) is 37.4 Å². The third-order valence-electron chi connectivity index (χ3n) is 5.08. The van der Waals surface area contributed by atoms with Gasteiger partial charge in [0.1, 0.15) is 11.3 Å². The van der Waals surface area contributed by atoms with E-state index in [2.05, 4.69) is 0 Å². The van der Waals surface area contributed by atoms with Gasteiger partial charge in [-0.3, -0.25) is 4.79 Å². The van der Waals surface area contributed by atoms with Gasteiger partial charge in [-0.05, 0) is 24.3 Å². The van der Waals surface area contributed by atoms with Crippen LogP contribution >= 0.6 is 7.80 Å². The summed E-state index contributed by atoms with van der Waals surface area (Å²) in [4.78, 5) is 26.2. The standard InChI is InChI=1S/C24H16F6O5P/c1-34-16-11-12-17(21(35-2)19(16)20(31)13-7-4-3-5-8-13)36(33)22(32)18-14(23(25,26)27)9-6-10-15(18)24(28,29)30/h3-12H,1-2H3/q+1. The summed E-state index contributed by atoms with van der Waals surface area (Å²) in [5, 5.41) is -0.567. The first-order valence-electron chi connectivity index (χ1n) is 9.96. The number of ketones is 1. The van der Waals surface area contributed by atoms with Crippen molar-refractivity contribution < 1.29 is 50.0 Å². The molecule has 0 radical (unpaired) electrons. The minimum absolute atomic E-state index is 0.0769. The first-order chi connectivity index (χ1) is 16.8. The largest absolute Gasteiger partial charge is 0.496 e. The van der Waals surface area contributed by atoms with Crippen molar-refractivity contribution in [3.63, 3.8) is 0 Å². The topological polar surface area (TPSA) is 69.7 Å². The second-order valence-corrected chi connectivity index (χ2v) is 8.69. The summed E-state index contributed by atoms with van der Waals surface area (Å²) >= 11 is 0. The molecule has 12 heteroatoms. The van der Waals surface area contributed by atoms with E-state index in [-0.39, 0.29) is 16.9 Å². The Morgan fingerprint density at radius 3 is 1.75 bits per heavy atom. The molecular formula is C24H16F6O5P+. The van der Waals surface area contributed by atoms with E-state index in [0.717, 1.165) is 19.2 Å².